The number of rotatable bonds is 12. The second-order valence-corrected chi connectivity index (χ2v) is 15.3. The van der Waals surface area contributed by atoms with Crippen LogP contribution in [-0.4, -0.2) is 18.7 Å². The number of carbonyl (C=O) groups excluding carboxylic acids is 2. The molecule has 1 atom stereocenters. The van der Waals surface area contributed by atoms with Gasteiger partial charge in [-0.3, -0.25) is 9.59 Å². The molecule has 0 saturated carbocycles. The predicted octanol–water partition coefficient (Wildman–Crippen LogP) is 12.4. The molecule has 0 aromatic heterocycles. The number of benzene rings is 7. The number of hydrogen-bond acceptors (Lipinski definition) is 4. The molecule has 0 radical (unpaired) electrons. The van der Waals surface area contributed by atoms with Crippen molar-refractivity contribution in [1.29, 1.82) is 0 Å². The topological polar surface area (TPSA) is 52.6 Å². The monoisotopic (exact) mass is 748 g/mol. The number of carbonyl (C=O) groups is 2. The van der Waals surface area contributed by atoms with Crippen molar-refractivity contribution < 1.29 is 19.1 Å². The van der Waals surface area contributed by atoms with Crippen LogP contribution in [0.25, 0.3) is 0 Å². The van der Waals surface area contributed by atoms with Crippen molar-refractivity contribution in [1.82, 2.24) is 0 Å². The van der Waals surface area contributed by atoms with Crippen molar-refractivity contribution >= 4 is 11.6 Å². The van der Waals surface area contributed by atoms with Crippen LogP contribution in [0, 0.1) is 34.6 Å². The van der Waals surface area contributed by atoms with E-state index >= 15 is 0 Å². The smallest absolute Gasteiger partial charge is 0.193 e. The van der Waals surface area contributed by atoms with Crippen molar-refractivity contribution in [2.75, 3.05) is 7.11 Å². The molecular weight excluding hydrogens is 701 g/mol. The zero-order chi connectivity index (χ0) is 40.3. The predicted molar refractivity (Wildman–Crippen MR) is 231 cm³/mol. The molecule has 0 aliphatic rings. The fourth-order valence-electron chi connectivity index (χ4n) is 7.53. The Morgan fingerprint density at radius 1 is 0.491 bits per heavy atom. The third-order valence-corrected chi connectivity index (χ3v) is 11.3. The first kappa shape index (κ1) is 38.7. The Morgan fingerprint density at radius 3 is 1.54 bits per heavy atom. The molecular formula is C53H48O4. The van der Waals surface area contributed by atoms with Gasteiger partial charge >= 0.3 is 0 Å². The van der Waals surface area contributed by atoms with Gasteiger partial charge in [0.2, 0.25) is 0 Å². The van der Waals surface area contributed by atoms with Gasteiger partial charge in [0.25, 0.3) is 0 Å². The van der Waals surface area contributed by atoms with E-state index < -0.39 is 5.41 Å². The minimum Gasteiger partial charge on any atom is -0.497 e. The Morgan fingerprint density at radius 2 is 1.00 bits per heavy atom. The zero-order valence-corrected chi connectivity index (χ0v) is 33.8. The molecule has 0 fully saturated rings. The van der Waals surface area contributed by atoms with E-state index in [1.807, 2.05) is 118 Å². The number of ketones is 2. The number of methoxy groups -OCH3 is 1. The molecule has 7 aromatic carbocycles. The van der Waals surface area contributed by atoms with Crippen molar-refractivity contribution in [3.8, 4) is 17.2 Å². The summed E-state index contributed by atoms with van der Waals surface area (Å²) in [6, 6.07) is 50.6. The average molecular weight is 749 g/mol. The van der Waals surface area contributed by atoms with Crippen LogP contribution in [0.5, 0.6) is 17.2 Å². The molecule has 0 N–H and O–H groups in total. The van der Waals surface area contributed by atoms with Crippen LogP contribution in [0.3, 0.4) is 0 Å². The van der Waals surface area contributed by atoms with E-state index in [-0.39, 0.29) is 11.6 Å². The Hall–Kier alpha value is -6.52. The van der Waals surface area contributed by atoms with Crippen molar-refractivity contribution in [3.05, 3.63) is 230 Å². The highest BCUT2D eigenvalue weighted by Gasteiger charge is 2.31. The molecule has 0 bridgehead atoms. The summed E-state index contributed by atoms with van der Waals surface area (Å²) in [6.45, 7) is 12.4. The number of hydrogen-bond donors (Lipinski definition) is 0. The first-order chi connectivity index (χ1) is 27.4. The molecule has 7 aromatic rings. The lowest BCUT2D eigenvalue weighted by Gasteiger charge is -2.32. The molecule has 1 unspecified atom stereocenters. The fraction of sp³-hybridized carbons (Fsp3) is 0.170. The van der Waals surface area contributed by atoms with Gasteiger partial charge in [-0.1, -0.05) is 96.6 Å². The highest BCUT2D eigenvalue weighted by Crippen LogP contribution is 2.41. The number of aryl methyl sites for hydroxylation is 5. The molecule has 0 aliphatic carbocycles. The third kappa shape index (κ3) is 8.22. The van der Waals surface area contributed by atoms with Gasteiger partial charge in [0.15, 0.2) is 11.6 Å². The molecule has 0 heterocycles. The summed E-state index contributed by atoms with van der Waals surface area (Å²) < 4.78 is 11.9. The lowest BCUT2D eigenvalue weighted by atomic mass is 9.71. The van der Waals surface area contributed by atoms with Gasteiger partial charge in [0, 0.05) is 27.7 Å². The normalized spacial score (nSPS) is 12.1. The molecule has 57 heavy (non-hydrogen) atoms. The van der Waals surface area contributed by atoms with Crippen LogP contribution in [0.2, 0.25) is 0 Å². The SMILES string of the molecule is COc1ccc(C(C)(c2ccc(Cc3ccc(C(=O)c4ccc(C)c(C)c4)cc3C)cc2)c2ccc(Oc3ccc(C(=O)c4cccc(C)c4)cc3C)cc2)cc1. The summed E-state index contributed by atoms with van der Waals surface area (Å²) >= 11 is 0. The van der Waals surface area contributed by atoms with Gasteiger partial charge in [0.1, 0.15) is 17.2 Å². The largest absolute Gasteiger partial charge is 0.497 e. The second-order valence-electron chi connectivity index (χ2n) is 15.3. The fourth-order valence-corrected chi connectivity index (χ4v) is 7.53. The van der Waals surface area contributed by atoms with E-state index in [9.17, 15) is 9.59 Å². The van der Waals surface area contributed by atoms with E-state index in [4.69, 9.17) is 9.47 Å². The summed E-state index contributed by atoms with van der Waals surface area (Å²) in [4.78, 5) is 26.5. The summed E-state index contributed by atoms with van der Waals surface area (Å²) in [7, 11) is 1.68. The minimum atomic E-state index is -0.483. The quantitative estimate of drug-likeness (QED) is 0.0922. The van der Waals surface area contributed by atoms with E-state index in [2.05, 4.69) is 75.4 Å². The van der Waals surface area contributed by atoms with Gasteiger partial charge < -0.3 is 9.47 Å². The maximum absolute atomic E-state index is 13.3. The lowest BCUT2D eigenvalue weighted by molar-refractivity contribution is 0.103. The Labute approximate surface area is 336 Å². The molecule has 0 spiro atoms. The zero-order valence-electron chi connectivity index (χ0n) is 33.8. The first-order valence-corrected chi connectivity index (χ1v) is 19.4. The minimum absolute atomic E-state index is 0.00497. The van der Waals surface area contributed by atoms with Crippen LogP contribution >= 0.6 is 0 Å². The molecule has 4 heteroatoms. The van der Waals surface area contributed by atoms with Crippen molar-refractivity contribution in [3.63, 3.8) is 0 Å². The summed E-state index contributed by atoms with van der Waals surface area (Å²) in [5.41, 5.74) is 13.4. The maximum atomic E-state index is 13.3. The van der Waals surface area contributed by atoms with Crippen LogP contribution in [-0.2, 0) is 11.8 Å². The standard InChI is InChI=1S/C53H48O4/c1-34-9-8-10-41(29-34)51(54)44-17-28-50(38(5)32-44)57-49-26-22-47(23-27-49)53(6,46-20-24-48(56-7)25-21-46)45-18-12-39(13-19-45)33-40-15-16-43(31-37(40)4)52(55)42-14-11-35(2)36(3)30-42/h8-32H,33H2,1-7H3. The Bertz CT molecular complexity index is 2580. The molecule has 4 nitrogen and oxygen atoms in total. The van der Waals surface area contributed by atoms with Gasteiger partial charge in [-0.2, -0.15) is 0 Å². The maximum Gasteiger partial charge on any atom is 0.193 e. The lowest BCUT2D eigenvalue weighted by Crippen LogP contribution is -2.25. The molecule has 0 saturated heterocycles. The Kier molecular flexibility index (Phi) is 11.1. The molecule has 0 aliphatic heterocycles. The van der Waals surface area contributed by atoms with Gasteiger partial charge in [0.05, 0.1) is 7.11 Å². The van der Waals surface area contributed by atoms with Gasteiger partial charge in [-0.05, 0) is 159 Å². The van der Waals surface area contributed by atoms with Crippen LogP contribution in [0.4, 0.5) is 0 Å². The van der Waals surface area contributed by atoms with E-state index in [1.165, 1.54) is 16.7 Å². The summed E-state index contributed by atoms with van der Waals surface area (Å²) in [5.74, 6) is 2.26. The van der Waals surface area contributed by atoms with E-state index in [1.54, 1.807) is 7.11 Å². The van der Waals surface area contributed by atoms with Gasteiger partial charge in [-0.25, -0.2) is 0 Å². The molecule has 7 rings (SSSR count). The molecule has 284 valence electrons. The van der Waals surface area contributed by atoms with Gasteiger partial charge in [-0.15, -0.1) is 0 Å². The average Bonchev–Trinajstić information content (AvgIpc) is 3.23. The third-order valence-electron chi connectivity index (χ3n) is 11.3. The first-order valence-electron chi connectivity index (χ1n) is 19.4. The Balaban J connectivity index is 1.12. The van der Waals surface area contributed by atoms with Crippen molar-refractivity contribution in [2.24, 2.45) is 0 Å². The van der Waals surface area contributed by atoms with E-state index in [0.29, 0.717) is 28.2 Å². The van der Waals surface area contributed by atoms with Crippen LogP contribution in [0.15, 0.2) is 152 Å². The summed E-state index contributed by atoms with van der Waals surface area (Å²) in [5, 5.41) is 0. The second kappa shape index (κ2) is 16.3. The highest BCUT2D eigenvalue weighted by molar-refractivity contribution is 6.10. The number of ether oxygens (including phenoxy) is 2. The molecule has 0 amide bonds. The van der Waals surface area contributed by atoms with Crippen LogP contribution in [0.1, 0.15) is 94.4 Å². The van der Waals surface area contributed by atoms with Crippen LogP contribution < -0.4 is 9.47 Å². The highest BCUT2D eigenvalue weighted by atomic mass is 16.5. The van der Waals surface area contributed by atoms with Crippen molar-refractivity contribution in [2.45, 2.75) is 53.4 Å². The summed E-state index contributed by atoms with van der Waals surface area (Å²) in [6.07, 6.45) is 0.760. The van der Waals surface area contributed by atoms with E-state index in [0.717, 1.165) is 56.7 Å².